The summed E-state index contributed by atoms with van der Waals surface area (Å²) >= 11 is 0. The Morgan fingerprint density at radius 1 is 1.00 bits per heavy atom. The van der Waals surface area contributed by atoms with Crippen LogP contribution in [0.4, 0.5) is 5.69 Å². The average Bonchev–Trinajstić information content (AvgIpc) is 2.70. The molecule has 0 radical (unpaired) electrons. The summed E-state index contributed by atoms with van der Waals surface area (Å²) < 4.78 is 27.4. The summed E-state index contributed by atoms with van der Waals surface area (Å²) in [7, 11) is -3.51. The number of hydrogen-bond donors (Lipinski definition) is 1. The van der Waals surface area contributed by atoms with Crippen molar-refractivity contribution in [1.82, 2.24) is 9.21 Å². The number of carbonyl (C=O) groups is 1. The number of rotatable bonds is 6. The van der Waals surface area contributed by atoms with Crippen LogP contribution < -0.4 is 5.32 Å². The summed E-state index contributed by atoms with van der Waals surface area (Å²) in [5.41, 5.74) is 3.99. The molecule has 1 fully saturated rings. The maximum absolute atomic E-state index is 13.0. The molecule has 0 bridgehead atoms. The van der Waals surface area contributed by atoms with E-state index in [-0.39, 0.29) is 12.5 Å². The van der Waals surface area contributed by atoms with Gasteiger partial charge in [0.15, 0.2) is 0 Å². The molecule has 0 aromatic heterocycles. The lowest BCUT2D eigenvalue weighted by molar-refractivity contribution is -0.117. The van der Waals surface area contributed by atoms with Gasteiger partial charge >= 0.3 is 0 Å². The Morgan fingerprint density at radius 2 is 1.67 bits per heavy atom. The van der Waals surface area contributed by atoms with Gasteiger partial charge in [0.05, 0.1) is 11.4 Å². The van der Waals surface area contributed by atoms with E-state index in [4.69, 9.17) is 0 Å². The zero-order valence-electron chi connectivity index (χ0n) is 18.2. The normalized spacial score (nSPS) is 16.0. The van der Waals surface area contributed by atoms with Crippen LogP contribution in [-0.4, -0.2) is 56.3 Å². The minimum atomic E-state index is -3.51. The van der Waals surface area contributed by atoms with Crippen molar-refractivity contribution in [3.63, 3.8) is 0 Å². The number of benzene rings is 2. The maximum Gasteiger partial charge on any atom is 0.243 e. The van der Waals surface area contributed by atoms with Gasteiger partial charge in [0.2, 0.25) is 15.9 Å². The molecule has 1 amide bonds. The first-order valence-electron chi connectivity index (χ1n) is 10.4. The van der Waals surface area contributed by atoms with E-state index < -0.39 is 10.0 Å². The number of anilines is 1. The third-order valence-electron chi connectivity index (χ3n) is 5.67. The predicted molar refractivity (Wildman–Crippen MR) is 120 cm³/mol. The van der Waals surface area contributed by atoms with Crippen LogP contribution in [0.25, 0.3) is 0 Å². The fourth-order valence-electron chi connectivity index (χ4n) is 3.66. The number of sulfonamides is 1. The van der Waals surface area contributed by atoms with Crippen molar-refractivity contribution in [3.05, 3.63) is 59.2 Å². The molecule has 30 heavy (non-hydrogen) atoms. The summed E-state index contributed by atoms with van der Waals surface area (Å²) in [4.78, 5) is 14.9. The van der Waals surface area contributed by atoms with Gasteiger partial charge in [-0.3, -0.25) is 9.69 Å². The van der Waals surface area contributed by atoms with E-state index in [9.17, 15) is 13.2 Å². The molecule has 2 aromatic carbocycles. The molecule has 0 saturated carbocycles. The van der Waals surface area contributed by atoms with Crippen LogP contribution in [0, 0.1) is 13.8 Å². The molecule has 1 heterocycles. The Morgan fingerprint density at radius 3 is 2.30 bits per heavy atom. The zero-order chi connectivity index (χ0) is 21.9. The van der Waals surface area contributed by atoms with Crippen LogP contribution in [0.3, 0.4) is 0 Å². The summed E-state index contributed by atoms with van der Waals surface area (Å²) in [6.45, 7) is 10.2. The molecule has 6 nitrogen and oxygen atoms in total. The van der Waals surface area contributed by atoms with Gasteiger partial charge in [0.1, 0.15) is 0 Å². The van der Waals surface area contributed by atoms with E-state index in [0.717, 1.165) is 22.4 Å². The van der Waals surface area contributed by atoms with Crippen LogP contribution in [0.1, 0.15) is 36.5 Å². The van der Waals surface area contributed by atoms with Crippen molar-refractivity contribution in [3.8, 4) is 0 Å². The number of piperazine rings is 1. The number of aryl methyl sites for hydroxylation is 2. The van der Waals surface area contributed by atoms with Crippen molar-refractivity contribution < 1.29 is 13.2 Å². The molecule has 0 spiro atoms. The van der Waals surface area contributed by atoms with E-state index in [1.165, 1.54) is 4.31 Å². The Kier molecular flexibility index (Phi) is 6.95. The molecule has 0 aliphatic carbocycles. The maximum atomic E-state index is 13.0. The van der Waals surface area contributed by atoms with E-state index in [1.807, 2.05) is 49.1 Å². The van der Waals surface area contributed by atoms with Crippen molar-refractivity contribution >= 4 is 21.6 Å². The molecule has 2 aromatic rings. The summed E-state index contributed by atoms with van der Waals surface area (Å²) in [6, 6.07) is 13.1. The van der Waals surface area contributed by atoms with Gasteiger partial charge in [-0.25, -0.2) is 8.42 Å². The number of nitrogens with one attached hydrogen (secondary N) is 1. The lowest BCUT2D eigenvalue weighted by Gasteiger charge is -2.33. The van der Waals surface area contributed by atoms with Gasteiger partial charge in [-0.1, -0.05) is 38.1 Å². The van der Waals surface area contributed by atoms with Crippen LogP contribution >= 0.6 is 0 Å². The van der Waals surface area contributed by atoms with Crippen molar-refractivity contribution in [2.24, 2.45) is 0 Å². The fourth-order valence-corrected chi connectivity index (χ4v) is 5.17. The van der Waals surface area contributed by atoms with Crippen molar-refractivity contribution in [1.29, 1.82) is 0 Å². The number of carbonyl (C=O) groups excluding carboxylic acids is 1. The van der Waals surface area contributed by atoms with Gasteiger partial charge in [-0.15, -0.1) is 0 Å². The number of nitrogens with zero attached hydrogens (tertiary/aromatic N) is 2. The van der Waals surface area contributed by atoms with E-state index >= 15 is 0 Å². The lowest BCUT2D eigenvalue weighted by Crippen LogP contribution is -2.50. The summed E-state index contributed by atoms with van der Waals surface area (Å²) in [5, 5.41) is 3.01. The molecule has 1 saturated heterocycles. The van der Waals surface area contributed by atoms with Crippen molar-refractivity contribution in [2.75, 3.05) is 38.0 Å². The Balaban J connectivity index is 1.58. The quantitative estimate of drug-likeness (QED) is 0.764. The van der Waals surface area contributed by atoms with Gasteiger partial charge in [-0.2, -0.15) is 4.31 Å². The topological polar surface area (TPSA) is 69.7 Å². The van der Waals surface area contributed by atoms with Crippen LogP contribution in [0.15, 0.2) is 47.4 Å². The van der Waals surface area contributed by atoms with Crippen molar-refractivity contribution in [2.45, 2.75) is 38.5 Å². The Bertz CT molecular complexity index is 1010. The zero-order valence-corrected chi connectivity index (χ0v) is 19.0. The smallest absolute Gasteiger partial charge is 0.243 e. The van der Waals surface area contributed by atoms with Crippen LogP contribution in [-0.2, 0) is 14.8 Å². The SMILES string of the molecule is Cc1ccc(S(=O)(=O)N2CCN(CC(=O)Nc3ccccc3C(C)C)CC2)cc1C. The first kappa shape index (κ1) is 22.5. The highest BCUT2D eigenvalue weighted by molar-refractivity contribution is 7.89. The highest BCUT2D eigenvalue weighted by Crippen LogP contribution is 2.24. The minimum Gasteiger partial charge on any atom is -0.325 e. The summed E-state index contributed by atoms with van der Waals surface area (Å²) in [5.74, 6) is 0.245. The van der Waals surface area contributed by atoms with Crippen LogP contribution in [0.2, 0.25) is 0 Å². The third kappa shape index (κ3) is 5.09. The molecule has 7 heteroatoms. The standard InChI is InChI=1S/C23H31N3O3S/c1-17(2)21-7-5-6-8-22(21)24-23(27)16-25-11-13-26(14-12-25)30(28,29)20-10-9-18(3)19(4)15-20/h5-10,15,17H,11-14,16H2,1-4H3,(H,24,27). The molecule has 1 N–H and O–H groups in total. The van der Waals surface area contributed by atoms with Gasteiger partial charge < -0.3 is 5.32 Å². The largest absolute Gasteiger partial charge is 0.325 e. The highest BCUT2D eigenvalue weighted by atomic mass is 32.2. The van der Waals surface area contributed by atoms with Gasteiger partial charge in [-0.05, 0) is 54.7 Å². The molecule has 0 atom stereocenters. The monoisotopic (exact) mass is 429 g/mol. The van der Waals surface area contributed by atoms with Crippen LogP contribution in [0.5, 0.6) is 0 Å². The van der Waals surface area contributed by atoms with Gasteiger partial charge in [0, 0.05) is 31.9 Å². The first-order chi connectivity index (χ1) is 14.2. The van der Waals surface area contributed by atoms with E-state index in [1.54, 1.807) is 12.1 Å². The second-order valence-electron chi connectivity index (χ2n) is 8.22. The molecule has 0 unspecified atom stereocenters. The molecule has 162 valence electrons. The number of hydrogen-bond acceptors (Lipinski definition) is 4. The molecular weight excluding hydrogens is 398 g/mol. The lowest BCUT2D eigenvalue weighted by atomic mass is 10.0. The second kappa shape index (κ2) is 9.29. The highest BCUT2D eigenvalue weighted by Gasteiger charge is 2.29. The van der Waals surface area contributed by atoms with Gasteiger partial charge in [0.25, 0.3) is 0 Å². The third-order valence-corrected chi connectivity index (χ3v) is 7.57. The predicted octanol–water partition coefficient (Wildman–Crippen LogP) is 3.37. The molecular formula is C23H31N3O3S. The second-order valence-corrected chi connectivity index (χ2v) is 10.2. The Hall–Kier alpha value is -2.22. The number of amides is 1. The fraction of sp³-hybridized carbons (Fsp3) is 0.435. The number of para-hydroxylation sites is 1. The Labute approximate surface area is 179 Å². The average molecular weight is 430 g/mol. The summed E-state index contributed by atoms with van der Waals surface area (Å²) in [6.07, 6.45) is 0. The molecule has 1 aliphatic heterocycles. The van der Waals surface area contributed by atoms with E-state index in [0.29, 0.717) is 37.0 Å². The molecule has 1 aliphatic rings. The van der Waals surface area contributed by atoms with E-state index in [2.05, 4.69) is 19.2 Å². The minimum absolute atomic E-state index is 0.0754. The first-order valence-corrected chi connectivity index (χ1v) is 11.8. The molecule has 3 rings (SSSR count).